The van der Waals surface area contributed by atoms with Gasteiger partial charge in [0.15, 0.2) is 5.76 Å². The number of carbonyl (C=O) groups excluding carboxylic acids is 3. The summed E-state index contributed by atoms with van der Waals surface area (Å²) >= 11 is 1.41. The number of alkyl halides is 2. The van der Waals surface area contributed by atoms with Gasteiger partial charge in [-0.05, 0) is 23.4 Å². The van der Waals surface area contributed by atoms with Crippen molar-refractivity contribution >= 4 is 29.1 Å². The molecule has 3 amide bonds. The smallest absolute Gasteiger partial charge is 0.318 e. The molecular weight excluding hydrogens is 530 g/mol. The van der Waals surface area contributed by atoms with Gasteiger partial charge in [-0.15, -0.1) is 11.3 Å². The fourth-order valence-electron chi connectivity index (χ4n) is 4.18. The molecule has 1 unspecified atom stereocenters. The molecule has 2 N–H and O–H groups in total. The van der Waals surface area contributed by atoms with Crippen LogP contribution in [-0.4, -0.2) is 71.9 Å². The van der Waals surface area contributed by atoms with Crippen molar-refractivity contribution < 1.29 is 32.3 Å². The first-order valence-corrected chi connectivity index (χ1v) is 13.5. The Morgan fingerprint density at radius 2 is 1.82 bits per heavy atom. The third kappa shape index (κ3) is 7.70. The Morgan fingerprint density at radius 1 is 1.08 bits per heavy atom. The molecule has 0 spiro atoms. The molecule has 0 bridgehead atoms. The van der Waals surface area contributed by atoms with Crippen LogP contribution in [0.3, 0.4) is 0 Å². The number of halogens is 2. The van der Waals surface area contributed by atoms with Crippen LogP contribution in [-0.2, 0) is 16.0 Å². The lowest BCUT2D eigenvalue weighted by Crippen LogP contribution is -2.56. The fraction of sp³-hybridized carbons (Fsp3) is 0.407. The summed E-state index contributed by atoms with van der Waals surface area (Å²) in [6.07, 6.45) is 0.0217. The average Bonchev–Trinajstić information content (AvgIpc) is 3.64. The normalized spacial score (nSPS) is 15.4. The van der Waals surface area contributed by atoms with Gasteiger partial charge >= 0.3 is 6.03 Å². The molecule has 1 aliphatic heterocycles. The molecule has 1 aliphatic rings. The van der Waals surface area contributed by atoms with Crippen molar-refractivity contribution in [3.8, 4) is 10.6 Å². The van der Waals surface area contributed by atoms with Gasteiger partial charge in [-0.1, -0.05) is 43.3 Å². The number of carbonyl (C=O) groups is 3. The molecule has 12 heteroatoms. The van der Waals surface area contributed by atoms with E-state index in [0.717, 1.165) is 4.88 Å². The summed E-state index contributed by atoms with van der Waals surface area (Å²) in [5.74, 6) is -4.59. The lowest BCUT2D eigenvalue weighted by molar-refractivity contribution is -0.126. The van der Waals surface area contributed by atoms with E-state index in [1.54, 1.807) is 37.3 Å². The van der Waals surface area contributed by atoms with Gasteiger partial charge in [-0.25, -0.2) is 18.6 Å². The average molecular weight is 561 g/mol. The molecule has 1 aromatic carbocycles. The predicted molar refractivity (Wildman–Crippen MR) is 141 cm³/mol. The van der Waals surface area contributed by atoms with Crippen molar-refractivity contribution in [3.63, 3.8) is 0 Å². The van der Waals surface area contributed by atoms with E-state index in [-0.39, 0.29) is 25.4 Å². The van der Waals surface area contributed by atoms with Crippen LogP contribution >= 0.6 is 11.3 Å². The Hall–Kier alpha value is -3.64. The molecule has 3 aromatic rings. The summed E-state index contributed by atoms with van der Waals surface area (Å²) in [5, 5.41) is 6.83. The van der Waals surface area contributed by atoms with E-state index in [9.17, 15) is 14.4 Å². The van der Waals surface area contributed by atoms with Crippen LogP contribution in [0.1, 0.15) is 36.0 Å². The van der Waals surface area contributed by atoms with Crippen molar-refractivity contribution in [1.82, 2.24) is 20.5 Å². The SMILES string of the molecule is CC[C@H](NC(=O)C(CC(F)(F)Cc1ccccc1)NC(=O)N1CCOCC1)C(=O)c1ncc(-c2cccs2)o1. The van der Waals surface area contributed by atoms with E-state index in [0.29, 0.717) is 24.5 Å². The predicted octanol–water partition coefficient (Wildman–Crippen LogP) is 4.16. The minimum Gasteiger partial charge on any atom is -0.433 e. The fourth-order valence-corrected chi connectivity index (χ4v) is 4.85. The van der Waals surface area contributed by atoms with Crippen molar-refractivity contribution in [2.45, 2.75) is 44.2 Å². The highest BCUT2D eigenvalue weighted by Crippen LogP contribution is 2.27. The van der Waals surface area contributed by atoms with E-state index in [4.69, 9.17) is 9.15 Å². The molecule has 1 saturated heterocycles. The Kier molecular flexibility index (Phi) is 9.41. The number of Topliss-reactive ketones (excluding diaryl/α,β-unsaturated/α-hetero) is 1. The molecule has 1 fully saturated rings. The molecular formula is C27H30F2N4O5S. The maximum absolute atomic E-state index is 15.1. The zero-order valence-electron chi connectivity index (χ0n) is 21.4. The second-order valence-corrected chi connectivity index (χ2v) is 10.1. The highest BCUT2D eigenvalue weighted by Gasteiger charge is 2.38. The standard InChI is InChI=1S/C27H30F2N4O5S/c1-2-19(23(34)25-30-17-21(38-25)22-9-6-14-39-22)31-24(35)20(32-26(36)33-10-12-37-13-11-33)16-27(28,29)15-18-7-4-3-5-8-18/h3-9,14,17,19-20H,2,10-13,15-16H2,1H3,(H,31,35)(H,32,36)/t19-,20?/m0/s1. The maximum Gasteiger partial charge on any atom is 0.318 e. The highest BCUT2D eigenvalue weighted by molar-refractivity contribution is 7.13. The van der Waals surface area contributed by atoms with E-state index >= 15 is 8.78 Å². The number of urea groups is 1. The molecule has 0 radical (unpaired) electrons. The summed E-state index contributed by atoms with van der Waals surface area (Å²) in [6, 6.07) is 8.49. The third-order valence-electron chi connectivity index (χ3n) is 6.24. The van der Waals surface area contributed by atoms with Gasteiger partial charge in [0.05, 0.1) is 30.3 Å². The molecule has 0 aliphatic carbocycles. The van der Waals surface area contributed by atoms with Crippen molar-refractivity contribution in [1.29, 1.82) is 0 Å². The number of benzene rings is 1. The van der Waals surface area contributed by atoms with Crippen LogP contribution in [0.25, 0.3) is 10.6 Å². The molecule has 2 atom stereocenters. The summed E-state index contributed by atoms with van der Waals surface area (Å²) in [6.45, 7) is 2.83. The minimum atomic E-state index is -3.31. The third-order valence-corrected chi connectivity index (χ3v) is 7.13. The van der Waals surface area contributed by atoms with Gasteiger partial charge in [-0.3, -0.25) is 9.59 Å². The lowest BCUT2D eigenvalue weighted by Gasteiger charge is -2.30. The Labute approximate surface area is 228 Å². The van der Waals surface area contributed by atoms with Gasteiger partial charge in [-0.2, -0.15) is 0 Å². The van der Waals surface area contributed by atoms with E-state index in [2.05, 4.69) is 15.6 Å². The van der Waals surface area contributed by atoms with Gasteiger partial charge < -0.3 is 24.7 Å². The summed E-state index contributed by atoms with van der Waals surface area (Å²) in [5.41, 5.74) is 0.396. The number of ketones is 1. The number of rotatable bonds is 11. The first-order chi connectivity index (χ1) is 18.8. The van der Waals surface area contributed by atoms with Crippen molar-refractivity contribution in [2.24, 2.45) is 0 Å². The van der Waals surface area contributed by atoms with Crippen LogP contribution in [0.5, 0.6) is 0 Å². The number of amides is 3. The summed E-state index contributed by atoms with van der Waals surface area (Å²) in [4.78, 5) is 45.4. The van der Waals surface area contributed by atoms with E-state index < -0.39 is 48.6 Å². The molecule has 208 valence electrons. The summed E-state index contributed by atoms with van der Waals surface area (Å²) in [7, 11) is 0. The van der Waals surface area contributed by atoms with Crippen LogP contribution in [0, 0.1) is 0 Å². The van der Waals surface area contributed by atoms with Crippen LogP contribution in [0.2, 0.25) is 0 Å². The van der Waals surface area contributed by atoms with Crippen molar-refractivity contribution in [2.75, 3.05) is 26.3 Å². The zero-order chi connectivity index (χ0) is 27.8. The largest absolute Gasteiger partial charge is 0.433 e. The molecule has 39 heavy (non-hydrogen) atoms. The van der Waals surface area contributed by atoms with E-state index in [1.807, 2.05) is 17.5 Å². The first kappa shape index (κ1) is 28.4. The second-order valence-electron chi connectivity index (χ2n) is 9.16. The summed E-state index contributed by atoms with van der Waals surface area (Å²) < 4.78 is 41.1. The Morgan fingerprint density at radius 3 is 2.49 bits per heavy atom. The van der Waals surface area contributed by atoms with Crippen LogP contribution in [0.15, 0.2) is 58.5 Å². The molecule has 4 rings (SSSR count). The highest BCUT2D eigenvalue weighted by atomic mass is 32.1. The molecule has 0 saturated carbocycles. The van der Waals surface area contributed by atoms with Crippen molar-refractivity contribution in [3.05, 3.63) is 65.5 Å². The van der Waals surface area contributed by atoms with Gasteiger partial charge in [0.1, 0.15) is 6.04 Å². The number of ether oxygens (including phenoxy) is 1. The monoisotopic (exact) mass is 560 g/mol. The number of thiophene rings is 1. The van der Waals surface area contributed by atoms with Gasteiger partial charge in [0.2, 0.25) is 11.7 Å². The molecule has 3 heterocycles. The number of nitrogens with one attached hydrogen (secondary N) is 2. The van der Waals surface area contributed by atoms with Crippen LogP contribution in [0.4, 0.5) is 13.6 Å². The van der Waals surface area contributed by atoms with E-state index in [1.165, 1.54) is 22.4 Å². The maximum atomic E-state index is 15.1. The quantitative estimate of drug-likeness (QED) is 0.341. The second kappa shape index (κ2) is 12.9. The first-order valence-electron chi connectivity index (χ1n) is 12.6. The minimum absolute atomic E-state index is 0.159. The van der Waals surface area contributed by atoms with Gasteiger partial charge in [0, 0.05) is 25.9 Å². The molecule has 2 aromatic heterocycles. The number of nitrogens with zero attached hydrogens (tertiary/aromatic N) is 2. The van der Waals surface area contributed by atoms with Gasteiger partial charge in [0.25, 0.3) is 11.8 Å². The number of oxazole rings is 1. The number of morpholine rings is 1. The topological polar surface area (TPSA) is 114 Å². The Bertz CT molecular complexity index is 1250. The molecule has 9 nitrogen and oxygen atoms in total. The Balaban J connectivity index is 1.48. The number of aromatic nitrogens is 1. The van der Waals surface area contributed by atoms with Crippen LogP contribution < -0.4 is 10.6 Å². The lowest BCUT2D eigenvalue weighted by atomic mass is 9.99. The number of hydrogen-bond acceptors (Lipinski definition) is 7. The number of hydrogen-bond donors (Lipinski definition) is 2. The zero-order valence-corrected chi connectivity index (χ0v) is 22.2.